The second-order valence-electron chi connectivity index (χ2n) is 3.10. The summed E-state index contributed by atoms with van der Waals surface area (Å²) in [6.07, 6.45) is 1.19. The van der Waals surface area contributed by atoms with Gasteiger partial charge in [0.15, 0.2) is 0 Å². The topological polar surface area (TPSA) is 81.0 Å². The quantitative estimate of drug-likeness (QED) is 0.525. The van der Waals surface area contributed by atoms with Crippen LogP contribution in [0.3, 0.4) is 0 Å². The average molecular weight is 271 g/mol. The van der Waals surface area contributed by atoms with Crippen LogP contribution in [0.5, 0.6) is 0 Å². The van der Waals surface area contributed by atoms with Crippen molar-refractivity contribution in [3.63, 3.8) is 0 Å². The van der Waals surface area contributed by atoms with E-state index in [0.717, 1.165) is 5.56 Å². The van der Waals surface area contributed by atoms with Crippen LogP contribution >= 0.6 is 22.9 Å². The van der Waals surface area contributed by atoms with Crippen molar-refractivity contribution in [2.75, 3.05) is 5.32 Å². The zero-order chi connectivity index (χ0) is 12.3. The largest absolute Gasteiger partial charge is 0.360 e. The average Bonchev–Trinajstić information content (AvgIpc) is 2.78. The number of hydrogen-bond donors (Lipinski definition) is 1. The van der Waals surface area contributed by atoms with E-state index in [1.807, 2.05) is 16.8 Å². The van der Waals surface area contributed by atoms with Crippen molar-refractivity contribution in [2.24, 2.45) is 0 Å². The number of hydrogen-bond acceptors (Lipinski definition) is 6. The van der Waals surface area contributed by atoms with Crippen LogP contribution < -0.4 is 5.32 Å². The molecular formula is C9H7ClN4O2S. The second-order valence-corrected chi connectivity index (χ2v) is 4.24. The first-order valence-electron chi connectivity index (χ1n) is 4.58. The highest BCUT2D eigenvalue weighted by atomic mass is 35.5. The van der Waals surface area contributed by atoms with E-state index in [1.165, 1.54) is 6.33 Å². The molecule has 0 saturated heterocycles. The van der Waals surface area contributed by atoms with E-state index in [2.05, 4.69) is 15.3 Å². The van der Waals surface area contributed by atoms with Crippen molar-refractivity contribution in [3.05, 3.63) is 44.0 Å². The van der Waals surface area contributed by atoms with Gasteiger partial charge in [-0.3, -0.25) is 10.1 Å². The number of rotatable bonds is 4. The molecule has 2 rings (SSSR count). The first-order valence-corrected chi connectivity index (χ1v) is 5.90. The van der Waals surface area contributed by atoms with E-state index in [-0.39, 0.29) is 16.7 Å². The van der Waals surface area contributed by atoms with Gasteiger partial charge in [-0.05, 0) is 22.4 Å². The van der Waals surface area contributed by atoms with E-state index in [0.29, 0.717) is 6.54 Å². The molecular weight excluding hydrogens is 264 g/mol. The smallest absolute Gasteiger partial charge is 0.348 e. The third-order valence-corrected chi connectivity index (χ3v) is 3.01. The van der Waals surface area contributed by atoms with Gasteiger partial charge in [0.05, 0.1) is 4.92 Å². The van der Waals surface area contributed by atoms with Crippen LogP contribution in [0.4, 0.5) is 11.5 Å². The summed E-state index contributed by atoms with van der Waals surface area (Å²) in [7, 11) is 0. The molecule has 8 heteroatoms. The summed E-state index contributed by atoms with van der Waals surface area (Å²) in [6.45, 7) is 0.456. The fraction of sp³-hybridized carbons (Fsp3) is 0.111. The minimum absolute atomic E-state index is 0.126. The van der Waals surface area contributed by atoms with Gasteiger partial charge in [0.2, 0.25) is 11.0 Å². The van der Waals surface area contributed by atoms with Gasteiger partial charge >= 0.3 is 5.69 Å². The molecule has 0 saturated carbocycles. The minimum Gasteiger partial charge on any atom is -0.360 e. The van der Waals surface area contributed by atoms with Crippen LogP contribution in [0, 0.1) is 10.1 Å². The van der Waals surface area contributed by atoms with Crippen molar-refractivity contribution in [3.8, 4) is 0 Å². The number of nitrogens with one attached hydrogen (secondary N) is 1. The number of aromatic nitrogens is 2. The molecule has 2 heterocycles. The molecule has 2 aromatic rings. The molecule has 2 aromatic heterocycles. The SMILES string of the molecule is O=[N+]([O-])c1c(Cl)ncnc1NCc1ccsc1. The molecule has 6 nitrogen and oxygen atoms in total. The summed E-state index contributed by atoms with van der Waals surface area (Å²) < 4.78 is 0. The van der Waals surface area contributed by atoms with Crippen LogP contribution in [-0.4, -0.2) is 14.9 Å². The third kappa shape index (κ3) is 2.69. The summed E-state index contributed by atoms with van der Waals surface area (Å²) in [5.74, 6) is 0.126. The summed E-state index contributed by atoms with van der Waals surface area (Å²) in [5, 5.41) is 17.4. The first kappa shape index (κ1) is 11.7. The molecule has 17 heavy (non-hydrogen) atoms. The summed E-state index contributed by atoms with van der Waals surface area (Å²) in [6, 6.07) is 1.92. The second kappa shape index (κ2) is 5.07. The molecule has 0 amide bonds. The third-order valence-electron chi connectivity index (χ3n) is 2.00. The van der Waals surface area contributed by atoms with E-state index in [4.69, 9.17) is 11.6 Å². The van der Waals surface area contributed by atoms with Gasteiger partial charge in [-0.15, -0.1) is 0 Å². The number of nitrogens with zero attached hydrogens (tertiary/aromatic N) is 3. The van der Waals surface area contributed by atoms with Crippen LogP contribution in [-0.2, 0) is 6.54 Å². The highest BCUT2D eigenvalue weighted by Crippen LogP contribution is 2.28. The fourth-order valence-corrected chi connectivity index (χ4v) is 2.10. The van der Waals surface area contributed by atoms with E-state index in [1.54, 1.807) is 11.3 Å². The molecule has 0 fully saturated rings. The van der Waals surface area contributed by atoms with Crippen LogP contribution in [0.15, 0.2) is 23.2 Å². The van der Waals surface area contributed by atoms with Gasteiger partial charge in [0.25, 0.3) is 0 Å². The Balaban J connectivity index is 2.21. The maximum Gasteiger partial charge on any atom is 0.348 e. The number of nitro groups is 1. The predicted molar refractivity (Wildman–Crippen MR) is 65.3 cm³/mol. The van der Waals surface area contributed by atoms with E-state index >= 15 is 0 Å². The lowest BCUT2D eigenvalue weighted by Crippen LogP contribution is -2.05. The Morgan fingerprint density at radius 1 is 1.53 bits per heavy atom. The summed E-state index contributed by atoms with van der Waals surface area (Å²) in [4.78, 5) is 17.6. The van der Waals surface area contributed by atoms with Crippen molar-refractivity contribution in [1.82, 2.24) is 9.97 Å². The number of halogens is 1. The molecule has 0 spiro atoms. The molecule has 0 aliphatic heterocycles. The Labute approximate surface area is 105 Å². The molecule has 0 radical (unpaired) electrons. The molecule has 0 aliphatic carbocycles. The van der Waals surface area contributed by atoms with Gasteiger partial charge in [0.1, 0.15) is 6.33 Å². The van der Waals surface area contributed by atoms with Crippen LogP contribution in [0.25, 0.3) is 0 Å². The zero-order valence-electron chi connectivity index (χ0n) is 8.46. The van der Waals surface area contributed by atoms with Gasteiger partial charge in [-0.1, -0.05) is 11.6 Å². The Kier molecular flexibility index (Phi) is 3.50. The van der Waals surface area contributed by atoms with Crippen molar-refractivity contribution in [1.29, 1.82) is 0 Å². The monoisotopic (exact) mass is 270 g/mol. The Bertz CT molecular complexity index is 532. The number of thiophene rings is 1. The van der Waals surface area contributed by atoms with Gasteiger partial charge in [-0.25, -0.2) is 9.97 Å². The van der Waals surface area contributed by atoms with Crippen molar-refractivity contribution >= 4 is 34.4 Å². The Morgan fingerprint density at radius 3 is 3.00 bits per heavy atom. The molecule has 0 bridgehead atoms. The lowest BCUT2D eigenvalue weighted by molar-refractivity contribution is -0.384. The lowest BCUT2D eigenvalue weighted by atomic mass is 10.3. The molecule has 88 valence electrons. The Morgan fingerprint density at radius 2 is 2.35 bits per heavy atom. The Hall–Kier alpha value is -1.73. The number of anilines is 1. The van der Waals surface area contributed by atoms with Gasteiger partial charge in [0, 0.05) is 6.54 Å². The first-order chi connectivity index (χ1) is 8.18. The van der Waals surface area contributed by atoms with Crippen molar-refractivity contribution in [2.45, 2.75) is 6.54 Å². The minimum atomic E-state index is -0.599. The highest BCUT2D eigenvalue weighted by molar-refractivity contribution is 7.07. The molecule has 0 unspecified atom stereocenters. The highest BCUT2D eigenvalue weighted by Gasteiger charge is 2.21. The predicted octanol–water partition coefficient (Wildman–Crippen LogP) is 2.71. The van der Waals surface area contributed by atoms with E-state index in [9.17, 15) is 10.1 Å². The molecule has 0 atom stereocenters. The maximum atomic E-state index is 10.8. The van der Waals surface area contributed by atoms with E-state index < -0.39 is 4.92 Å². The molecule has 1 N–H and O–H groups in total. The standard InChI is InChI=1S/C9H7ClN4O2S/c10-8-7(14(15)16)9(13-5-12-8)11-3-6-1-2-17-4-6/h1-2,4-5H,3H2,(H,11,12,13). The fourth-order valence-electron chi connectivity index (χ4n) is 1.23. The maximum absolute atomic E-state index is 10.8. The van der Waals surface area contributed by atoms with Crippen molar-refractivity contribution < 1.29 is 4.92 Å². The molecule has 0 aromatic carbocycles. The summed E-state index contributed by atoms with van der Waals surface area (Å²) in [5.41, 5.74) is 0.725. The van der Waals surface area contributed by atoms with Gasteiger partial charge < -0.3 is 5.32 Å². The molecule has 0 aliphatic rings. The van der Waals surface area contributed by atoms with Crippen LogP contribution in [0.2, 0.25) is 5.15 Å². The summed E-state index contributed by atoms with van der Waals surface area (Å²) >= 11 is 7.21. The van der Waals surface area contributed by atoms with Crippen LogP contribution in [0.1, 0.15) is 5.56 Å². The zero-order valence-corrected chi connectivity index (χ0v) is 10.0. The van der Waals surface area contributed by atoms with Gasteiger partial charge in [-0.2, -0.15) is 11.3 Å². The normalized spacial score (nSPS) is 10.2. The lowest BCUT2D eigenvalue weighted by Gasteiger charge is -2.04.